The molecule has 5 heteroatoms. The van der Waals surface area contributed by atoms with Gasteiger partial charge in [-0.1, -0.05) is 0 Å². The van der Waals surface area contributed by atoms with Gasteiger partial charge in [-0.05, 0) is 25.2 Å². The van der Waals surface area contributed by atoms with Crippen molar-refractivity contribution in [3.63, 3.8) is 0 Å². The molecule has 5 nitrogen and oxygen atoms in total. The molecule has 0 spiro atoms. The van der Waals surface area contributed by atoms with Gasteiger partial charge < -0.3 is 16.4 Å². The fourth-order valence-electron chi connectivity index (χ4n) is 2.01. The summed E-state index contributed by atoms with van der Waals surface area (Å²) in [5, 5.41) is 5.58. The van der Waals surface area contributed by atoms with E-state index in [1.54, 1.807) is 0 Å². The van der Waals surface area contributed by atoms with Crippen LogP contribution in [-0.2, 0) is 9.59 Å². The van der Waals surface area contributed by atoms with Crippen LogP contribution >= 0.6 is 0 Å². The highest BCUT2D eigenvalue weighted by molar-refractivity contribution is 5.83. The summed E-state index contributed by atoms with van der Waals surface area (Å²) in [6.45, 7) is 1.03. The maximum absolute atomic E-state index is 11.7. The minimum atomic E-state index is -0.0795. The van der Waals surface area contributed by atoms with Crippen LogP contribution in [0.15, 0.2) is 0 Å². The van der Waals surface area contributed by atoms with Crippen LogP contribution in [0.2, 0.25) is 0 Å². The van der Waals surface area contributed by atoms with E-state index in [2.05, 4.69) is 10.6 Å². The van der Waals surface area contributed by atoms with Crippen molar-refractivity contribution in [1.82, 2.24) is 10.6 Å². The van der Waals surface area contributed by atoms with E-state index in [0.717, 1.165) is 0 Å². The second-order valence-electron chi connectivity index (χ2n) is 4.79. The van der Waals surface area contributed by atoms with Crippen molar-refractivity contribution >= 4 is 11.8 Å². The molecule has 16 heavy (non-hydrogen) atoms. The summed E-state index contributed by atoms with van der Waals surface area (Å²) in [7, 11) is 0. The third-order valence-corrected chi connectivity index (χ3v) is 3.38. The molecule has 1 heterocycles. The molecule has 1 aliphatic heterocycles. The number of hydrogen-bond acceptors (Lipinski definition) is 3. The first kappa shape index (κ1) is 11.4. The molecule has 2 rings (SSSR count). The molecule has 1 saturated heterocycles. The Labute approximate surface area is 95.1 Å². The number of rotatable bonds is 4. The molecule has 1 saturated carbocycles. The van der Waals surface area contributed by atoms with Crippen LogP contribution in [0.3, 0.4) is 0 Å². The number of nitrogens with one attached hydrogen (secondary N) is 2. The van der Waals surface area contributed by atoms with Crippen molar-refractivity contribution in [3.8, 4) is 0 Å². The molecule has 4 N–H and O–H groups in total. The lowest BCUT2D eigenvalue weighted by Crippen LogP contribution is -2.46. The molecule has 2 atom stereocenters. The van der Waals surface area contributed by atoms with E-state index in [1.165, 1.54) is 12.8 Å². The fourth-order valence-corrected chi connectivity index (χ4v) is 2.01. The Bertz CT molecular complexity index is 279. The number of hydrogen-bond donors (Lipinski definition) is 3. The molecule has 0 aromatic rings. The summed E-state index contributed by atoms with van der Waals surface area (Å²) in [6.07, 6.45) is 3.48. The van der Waals surface area contributed by atoms with Crippen molar-refractivity contribution in [2.75, 3.05) is 13.1 Å². The van der Waals surface area contributed by atoms with Crippen LogP contribution in [0.4, 0.5) is 0 Å². The summed E-state index contributed by atoms with van der Waals surface area (Å²) in [5.74, 6) is 0.588. The first-order valence-corrected chi connectivity index (χ1v) is 5.97. The van der Waals surface area contributed by atoms with Gasteiger partial charge in [0.2, 0.25) is 11.8 Å². The summed E-state index contributed by atoms with van der Waals surface area (Å²) >= 11 is 0. The molecule has 2 fully saturated rings. The monoisotopic (exact) mass is 225 g/mol. The lowest BCUT2D eigenvalue weighted by atomic mass is 9.98. The van der Waals surface area contributed by atoms with E-state index in [1.807, 2.05) is 0 Å². The van der Waals surface area contributed by atoms with E-state index in [4.69, 9.17) is 5.73 Å². The van der Waals surface area contributed by atoms with Gasteiger partial charge in [0.1, 0.15) is 0 Å². The van der Waals surface area contributed by atoms with Crippen molar-refractivity contribution in [2.24, 2.45) is 17.6 Å². The molecule has 90 valence electrons. The second-order valence-corrected chi connectivity index (χ2v) is 4.79. The molecule has 2 aliphatic rings. The number of piperidine rings is 1. The van der Waals surface area contributed by atoms with Crippen LogP contribution in [0, 0.1) is 11.8 Å². The van der Waals surface area contributed by atoms with Crippen molar-refractivity contribution < 1.29 is 9.59 Å². The molecule has 1 aliphatic carbocycles. The SMILES string of the molecule is NC(CNC(=O)C1CCC(=O)NC1)C1CC1. The second kappa shape index (κ2) is 4.82. The minimum absolute atomic E-state index is 0.0242. The lowest BCUT2D eigenvalue weighted by Gasteiger charge is -2.22. The Kier molecular flexibility index (Phi) is 3.43. The van der Waals surface area contributed by atoms with Crippen LogP contribution < -0.4 is 16.4 Å². The van der Waals surface area contributed by atoms with Gasteiger partial charge in [-0.2, -0.15) is 0 Å². The lowest BCUT2D eigenvalue weighted by molar-refractivity contribution is -0.128. The van der Waals surface area contributed by atoms with Gasteiger partial charge in [0.05, 0.1) is 5.92 Å². The van der Waals surface area contributed by atoms with Gasteiger partial charge in [0, 0.05) is 25.6 Å². The topological polar surface area (TPSA) is 84.2 Å². The predicted octanol–water partition coefficient (Wildman–Crippen LogP) is -0.634. The Morgan fingerprint density at radius 1 is 1.50 bits per heavy atom. The summed E-state index contributed by atoms with van der Waals surface area (Å²) in [5.41, 5.74) is 5.89. The van der Waals surface area contributed by atoms with Crippen molar-refractivity contribution in [3.05, 3.63) is 0 Å². The van der Waals surface area contributed by atoms with E-state index < -0.39 is 0 Å². The van der Waals surface area contributed by atoms with Gasteiger partial charge in [-0.15, -0.1) is 0 Å². The van der Waals surface area contributed by atoms with E-state index in [0.29, 0.717) is 31.8 Å². The van der Waals surface area contributed by atoms with Crippen LogP contribution in [0.5, 0.6) is 0 Å². The van der Waals surface area contributed by atoms with Crippen molar-refractivity contribution in [2.45, 2.75) is 31.7 Å². The molecular weight excluding hydrogens is 206 g/mol. The third-order valence-electron chi connectivity index (χ3n) is 3.38. The third kappa shape index (κ3) is 2.95. The average Bonchev–Trinajstić information content (AvgIpc) is 3.10. The Hall–Kier alpha value is -1.10. The van der Waals surface area contributed by atoms with E-state index in [9.17, 15) is 9.59 Å². The zero-order valence-electron chi connectivity index (χ0n) is 9.37. The van der Waals surface area contributed by atoms with Crippen LogP contribution in [0.25, 0.3) is 0 Å². The molecule has 0 radical (unpaired) electrons. The van der Waals surface area contributed by atoms with Gasteiger partial charge in [-0.3, -0.25) is 9.59 Å². The minimum Gasteiger partial charge on any atom is -0.355 e. The first-order valence-electron chi connectivity index (χ1n) is 5.97. The number of carbonyl (C=O) groups excluding carboxylic acids is 2. The molecule has 0 bridgehead atoms. The maximum Gasteiger partial charge on any atom is 0.224 e. The smallest absolute Gasteiger partial charge is 0.224 e. The zero-order valence-corrected chi connectivity index (χ0v) is 9.37. The molecular formula is C11H19N3O2. The Morgan fingerprint density at radius 2 is 2.25 bits per heavy atom. The standard InChI is InChI=1S/C11H19N3O2/c12-9(7-1-2-7)6-14-11(16)8-3-4-10(15)13-5-8/h7-9H,1-6,12H2,(H,13,15)(H,14,16). The molecule has 0 aromatic heterocycles. The largest absolute Gasteiger partial charge is 0.355 e. The fraction of sp³-hybridized carbons (Fsp3) is 0.818. The van der Waals surface area contributed by atoms with E-state index >= 15 is 0 Å². The van der Waals surface area contributed by atoms with Crippen LogP contribution in [-0.4, -0.2) is 30.9 Å². The Morgan fingerprint density at radius 3 is 2.81 bits per heavy atom. The first-order chi connectivity index (χ1) is 7.66. The highest BCUT2D eigenvalue weighted by atomic mass is 16.2. The van der Waals surface area contributed by atoms with Gasteiger partial charge in [-0.25, -0.2) is 0 Å². The quantitative estimate of drug-likeness (QED) is 0.595. The predicted molar refractivity (Wildman–Crippen MR) is 59.4 cm³/mol. The highest BCUT2D eigenvalue weighted by Gasteiger charge is 2.30. The Balaban J connectivity index is 1.68. The van der Waals surface area contributed by atoms with E-state index in [-0.39, 0.29) is 23.8 Å². The normalized spacial score (nSPS) is 27.1. The molecule has 2 unspecified atom stereocenters. The molecule has 0 aromatic carbocycles. The summed E-state index contributed by atoms with van der Waals surface area (Å²) < 4.78 is 0. The maximum atomic E-state index is 11.7. The highest BCUT2D eigenvalue weighted by Crippen LogP contribution is 2.31. The number of carbonyl (C=O) groups is 2. The molecule has 2 amide bonds. The number of amides is 2. The summed E-state index contributed by atoms with van der Waals surface area (Å²) in [6, 6.07) is 0.0992. The van der Waals surface area contributed by atoms with Gasteiger partial charge in [0.15, 0.2) is 0 Å². The van der Waals surface area contributed by atoms with Crippen LogP contribution in [0.1, 0.15) is 25.7 Å². The average molecular weight is 225 g/mol. The van der Waals surface area contributed by atoms with Gasteiger partial charge >= 0.3 is 0 Å². The summed E-state index contributed by atoms with van der Waals surface area (Å²) in [4.78, 5) is 22.7. The van der Waals surface area contributed by atoms with Crippen molar-refractivity contribution in [1.29, 1.82) is 0 Å². The van der Waals surface area contributed by atoms with Gasteiger partial charge in [0.25, 0.3) is 0 Å². The number of nitrogens with two attached hydrogens (primary N) is 1. The zero-order chi connectivity index (χ0) is 11.5.